The van der Waals surface area contributed by atoms with E-state index in [1.165, 1.54) is 12.8 Å². The van der Waals surface area contributed by atoms with Gasteiger partial charge in [0.05, 0.1) is 0 Å². The van der Waals surface area contributed by atoms with Gasteiger partial charge in [0.25, 0.3) is 5.91 Å². The monoisotopic (exact) mass is 267 g/mol. The molecule has 1 atom stereocenters. The summed E-state index contributed by atoms with van der Waals surface area (Å²) in [5.41, 5.74) is 0.314. The highest BCUT2D eigenvalue weighted by atomic mass is 16.5. The van der Waals surface area contributed by atoms with Gasteiger partial charge in [-0.2, -0.15) is 0 Å². The molecular formula is C13H21N3O3. The van der Waals surface area contributed by atoms with Crippen molar-refractivity contribution in [1.29, 1.82) is 0 Å². The molecule has 0 saturated carbocycles. The van der Waals surface area contributed by atoms with Crippen molar-refractivity contribution in [2.45, 2.75) is 25.9 Å². The van der Waals surface area contributed by atoms with E-state index < -0.39 is 0 Å². The predicted octanol–water partition coefficient (Wildman–Crippen LogP) is 0.940. The van der Waals surface area contributed by atoms with Crippen LogP contribution in [0.15, 0.2) is 10.6 Å². The van der Waals surface area contributed by atoms with E-state index in [4.69, 9.17) is 9.26 Å². The lowest BCUT2D eigenvalue weighted by Crippen LogP contribution is -2.33. The number of carbonyl (C=O) groups excluding carboxylic acids is 1. The first kappa shape index (κ1) is 14.0. The van der Waals surface area contributed by atoms with Crippen LogP contribution in [-0.2, 0) is 11.3 Å². The third-order valence-electron chi connectivity index (χ3n) is 3.32. The Hall–Kier alpha value is -1.40. The summed E-state index contributed by atoms with van der Waals surface area (Å²) in [4.78, 5) is 11.8. The summed E-state index contributed by atoms with van der Waals surface area (Å²) >= 11 is 0. The molecule has 19 heavy (non-hydrogen) atoms. The summed E-state index contributed by atoms with van der Waals surface area (Å²) in [6.07, 6.45) is 3.47. The van der Waals surface area contributed by atoms with Crippen LogP contribution < -0.4 is 10.6 Å². The van der Waals surface area contributed by atoms with Crippen LogP contribution >= 0.6 is 0 Å². The summed E-state index contributed by atoms with van der Waals surface area (Å²) in [5, 5.41) is 9.96. The van der Waals surface area contributed by atoms with E-state index in [-0.39, 0.29) is 5.91 Å². The molecule has 1 aromatic heterocycles. The lowest BCUT2D eigenvalue weighted by Gasteiger charge is -2.22. The van der Waals surface area contributed by atoms with Crippen LogP contribution in [0.1, 0.15) is 35.5 Å². The highest BCUT2D eigenvalue weighted by molar-refractivity contribution is 5.92. The normalized spacial score (nSPS) is 19.3. The zero-order valence-corrected chi connectivity index (χ0v) is 11.3. The number of methoxy groups -OCH3 is 1. The van der Waals surface area contributed by atoms with Crippen molar-refractivity contribution in [3.63, 3.8) is 0 Å². The van der Waals surface area contributed by atoms with Gasteiger partial charge in [0.15, 0.2) is 11.5 Å². The van der Waals surface area contributed by atoms with Crippen LogP contribution in [0.25, 0.3) is 0 Å². The second kappa shape index (κ2) is 7.25. The van der Waals surface area contributed by atoms with Crippen LogP contribution in [0.3, 0.4) is 0 Å². The molecule has 106 valence electrons. The molecule has 1 aliphatic rings. The lowest BCUT2D eigenvalue weighted by atomic mass is 9.96. The van der Waals surface area contributed by atoms with Crippen molar-refractivity contribution in [2.24, 2.45) is 5.92 Å². The van der Waals surface area contributed by atoms with Gasteiger partial charge >= 0.3 is 0 Å². The average molecular weight is 267 g/mol. The van der Waals surface area contributed by atoms with Crippen LogP contribution in [-0.4, -0.2) is 37.8 Å². The fourth-order valence-electron chi connectivity index (χ4n) is 2.28. The molecule has 0 radical (unpaired) electrons. The van der Waals surface area contributed by atoms with Gasteiger partial charge in [-0.3, -0.25) is 4.79 Å². The topological polar surface area (TPSA) is 76.4 Å². The van der Waals surface area contributed by atoms with Gasteiger partial charge in [-0.05, 0) is 38.3 Å². The summed E-state index contributed by atoms with van der Waals surface area (Å²) in [6.45, 7) is 3.17. The number of rotatable bonds is 6. The molecule has 0 aromatic carbocycles. The van der Waals surface area contributed by atoms with Crippen molar-refractivity contribution in [2.75, 3.05) is 26.7 Å². The Morgan fingerprint density at radius 2 is 2.58 bits per heavy atom. The summed E-state index contributed by atoms with van der Waals surface area (Å²) in [7, 11) is 1.57. The Morgan fingerprint density at radius 3 is 3.32 bits per heavy atom. The number of ether oxygens (including phenoxy) is 1. The van der Waals surface area contributed by atoms with Gasteiger partial charge in [-0.25, -0.2) is 0 Å². The summed E-state index contributed by atoms with van der Waals surface area (Å²) < 4.78 is 9.89. The minimum atomic E-state index is -0.185. The van der Waals surface area contributed by atoms with Crippen LogP contribution in [0.2, 0.25) is 0 Å². The number of hydrogen-bond acceptors (Lipinski definition) is 5. The van der Waals surface area contributed by atoms with E-state index in [9.17, 15) is 4.79 Å². The Labute approximate surface area is 112 Å². The fourth-order valence-corrected chi connectivity index (χ4v) is 2.28. The molecule has 2 rings (SSSR count). The summed E-state index contributed by atoms with van der Waals surface area (Å²) in [6, 6.07) is 1.61. The number of amides is 1. The predicted molar refractivity (Wildman–Crippen MR) is 69.8 cm³/mol. The Balaban J connectivity index is 1.70. The molecule has 2 heterocycles. The van der Waals surface area contributed by atoms with Gasteiger partial charge in [-0.15, -0.1) is 0 Å². The SMILES string of the molecule is COCc1cc(C(=O)NCCC2CCCNC2)no1. The first-order valence-electron chi connectivity index (χ1n) is 6.73. The van der Waals surface area contributed by atoms with E-state index in [1.807, 2.05) is 0 Å². The minimum Gasteiger partial charge on any atom is -0.377 e. The first-order chi connectivity index (χ1) is 9.29. The van der Waals surface area contributed by atoms with Crippen LogP contribution in [0.4, 0.5) is 0 Å². The van der Waals surface area contributed by atoms with Crippen molar-refractivity contribution < 1.29 is 14.1 Å². The number of carbonyl (C=O) groups is 1. The van der Waals surface area contributed by atoms with Crippen molar-refractivity contribution >= 4 is 5.91 Å². The number of aromatic nitrogens is 1. The molecule has 0 bridgehead atoms. The molecule has 6 nitrogen and oxygen atoms in total. The molecule has 1 unspecified atom stereocenters. The zero-order chi connectivity index (χ0) is 13.5. The highest BCUT2D eigenvalue weighted by Gasteiger charge is 2.15. The third-order valence-corrected chi connectivity index (χ3v) is 3.32. The van der Waals surface area contributed by atoms with Crippen LogP contribution in [0, 0.1) is 5.92 Å². The van der Waals surface area contributed by atoms with E-state index >= 15 is 0 Å². The Morgan fingerprint density at radius 1 is 1.68 bits per heavy atom. The van der Waals surface area contributed by atoms with Gasteiger partial charge in [0, 0.05) is 19.7 Å². The minimum absolute atomic E-state index is 0.185. The quantitative estimate of drug-likeness (QED) is 0.802. The maximum Gasteiger partial charge on any atom is 0.273 e. The molecule has 6 heteroatoms. The lowest BCUT2D eigenvalue weighted by molar-refractivity contribution is 0.0941. The second-order valence-corrected chi connectivity index (χ2v) is 4.87. The number of nitrogens with one attached hydrogen (secondary N) is 2. The number of piperidine rings is 1. The van der Waals surface area contributed by atoms with Crippen LogP contribution in [0.5, 0.6) is 0 Å². The van der Waals surface area contributed by atoms with Gasteiger partial charge < -0.3 is 19.9 Å². The van der Waals surface area contributed by atoms with E-state index in [1.54, 1.807) is 13.2 Å². The molecule has 1 fully saturated rings. The van der Waals surface area contributed by atoms with Crippen molar-refractivity contribution in [3.8, 4) is 0 Å². The largest absolute Gasteiger partial charge is 0.377 e. The molecular weight excluding hydrogens is 246 g/mol. The zero-order valence-electron chi connectivity index (χ0n) is 11.3. The molecule has 1 saturated heterocycles. The second-order valence-electron chi connectivity index (χ2n) is 4.87. The molecule has 1 aliphatic heterocycles. The van der Waals surface area contributed by atoms with E-state index in [0.29, 0.717) is 30.5 Å². The Bertz CT molecular complexity index is 400. The van der Waals surface area contributed by atoms with E-state index in [0.717, 1.165) is 19.5 Å². The molecule has 1 amide bonds. The van der Waals surface area contributed by atoms with Gasteiger partial charge in [-0.1, -0.05) is 5.16 Å². The highest BCUT2D eigenvalue weighted by Crippen LogP contribution is 2.13. The Kier molecular flexibility index (Phi) is 5.35. The molecule has 2 N–H and O–H groups in total. The van der Waals surface area contributed by atoms with Gasteiger partial charge in [0.1, 0.15) is 6.61 Å². The number of nitrogens with zero attached hydrogens (tertiary/aromatic N) is 1. The standard InChI is InChI=1S/C13H21N3O3/c1-18-9-11-7-12(16-19-11)13(17)15-6-4-10-3-2-5-14-8-10/h7,10,14H,2-6,8-9H2,1H3,(H,15,17). The summed E-state index contributed by atoms with van der Waals surface area (Å²) in [5.74, 6) is 1.04. The fraction of sp³-hybridized carbons (Fsp3) is 0.692. The van der Waals surface area contributed by atoms with E-state index in [2.05, 4.69) is 15.8 Å². The molecule has 0 aliphatic carbocycles. The van der Waals surface area contributed by atoms with Crippen molar-refractivity contribution in [3.05, 3.63) is 17.5 Å². The smallest absolute Gasteiger partial charge is 0.273 e. The molecule has 0 spiro atoms. The van der Waals surface area contributed by atoms with Crippen molar-refractivity contribution in [1.82, 2.24) is 15.8 Å². The maximum absolute atomic E-state index is 11.8. The third kappa shape index (κ3) is 4.33. The average Bonchev–Trinajstić information content (AvgIpc) is 2.89. The first-order valence-corrected chi connectivity index (χ1v) is 6.73. The van der Waals surface area contributed by atoms with Gasteiger partial charge in [0.2, 0.25) is 0 Å². The number of hydrogen-bond donors (Lipinski definition) is 2. The molecule has 1 aromatic rings. The maximum atomic E-state index is 11.8.